The van der Waals surface area contributed by atoms with Crippen LogP contribution in [-0.4, -0.2) is 4.98 Å². The van der Waals surface area contributed by atoms with Gasteiger partial charge in [-0.15, -0.1) is 0 Å². The summed E-state index contributed by atoms with van der Waals surface area (Å²) in [5.74, 6) is 0. The summed E-state index contributed by atoms with van der Waals surface area (Å²) < 4.78 is 0. The molecule has 0 saturated heterocycles. The molecule has 0 amide bonds. The lowest BCUT2D eigenvalue weighted by Crippen LogP contribution is -2.19. The fourth-order valence-electron chi connectivity index (χ4n) is 8.35. The smallest absolute Gasteiger partial charge is 0.0947 e. The molecule has 44 heavy (non-hydrogen) atoms. The van der Waals surface area contributed by atoms with Crippen molar-refractivity contribution in [2.45, 2.75) is 57.4 Å². The van der Waals surface area contributed by atoms with Gasteiger partial charge in [-0.05, 0) is 75.1 Å². The summed E-state index contributed by atoms with van der Waals surface area (Å²) in [7, 11) is 0. The van der Waals surface area contributed by atoms with Gasteiger partial charge in [0, 0.05) is 21.8 Å². The SMILES string of the molecule is CC1(C)C2=C(C=CCC2)c2ccc(C3C=Cc4ccc5ccc(-c6ccc7c(c6)C(C)(C)c6ccccc6-7)nc5c4N3)cc21. The van der Waals surface area contributed by atoms with Crippen molar-refractivity contribution in [3.05, 3.63) is 142 Å². The third kappa shape index (κ3) is 3.51. The van der Waals surface area contributed by atoms with Crippen molar-refractivity contribution in [1.29, 1.82) is 0 Å². The first-order valence-corrected chi connectivity index (χ1v) is 16.0. The van der Waals surface area contributed by atoms with Crippen LogP contribution in [0.15, 0.2) is 109 Å². The normalized spacial score (nSPS) is 19.7. The van der Waals surface area contributed by atoms with Crippen LogP contribution in [0.5, 0.6) is 0 Å². The van der Waals surface area contributed by atoms with Crippen LogP contribution >= 0.6 is 0 Å². The van der Waals surface area contributed by atoms with E-state index >= 15 is 0 Å². The van der Waals surface area contributed by atoms with Gasteiger partial charge in [-0.25, -0.2) is 4.98 Å². The van der Waals surface area contributed by atoms with E-state index in [1.54, 1.807) is 5.57 Å². The van der Waals surface area contributed by atoms with Gasteiger partial charge >= 0.3 is 0 Å². The van der Waals surface area contributed by atoms with Crippen LogP contribution in [-0.2, 0) is 10.8 Å². The van der Waals surface area contributed by atoms with Crippen LogP contribution in [0, 0.1) is 0 Å². The molecule has 2 heterocycles. The zero-order valence-corrected chi connectivity index (χ0v) is 25.8. The Kier molecular flexibility index (Phi) is 5.23. The number of pyridine rings is 1. The van der Waals surface area contributed by atoms with Gasteiger partial charge in [0.2, 0.25) is 0 Å². The second-order valence-electron chi connectivity index (χ2n) is 14.0. The molecule has 0 bridgehead atoms. The van der Waals surface area contributed by atoms with Crippen LogP contribution in [0.2, 0.25) is 0 Å². The molecule has 0 fully saturated rings. The van der Waals surface area contributed by atoms with Crippen molar-refractivity contribution in [3.8, 4) is 22.4 Å². The number of fused-ring (bicyclic) bond motifs is 8. The maximum Gasteiger partial charge on any atom is 0.0947 e. The molecular weight excluding hydrogens is 532 g/mol. The summed E-state index contributed by atoms with van der Waals surface area (Å²) >= 11 is 0. The number of rotatable bonds is 2. The second kappa shape index (κ2) is 8.92. The highest BCUT2D eigenvalue weighted by atomic mass is 14.9. The Morgan fingerprint density at radius 2 is 1.52 bits per heavy atom. The number of aromatic nitrogens is 1. The van der Waals surface area contributed by atoms with Crippen molar-refractivity contribution < 1.29 is 0 Å². The Labute approximate surface area is 259 Å². The van der Waals surface area contributed by atoms with Gasteiger partial charge in [-0.3, -0.25) is 0 Å². The van der Waals surface area contributed by atoms with Crippen LogP contribution in [0.1, 0.15) is 80.0 Å². The number of hydrogen-bond acceptors (Lipinski definition) is 2. The summed E-state index contributed by atoms with van der Waals surface area (Å²) in [5.41, 5.74) is 18.2. The highest BCUT2D eigenvalue weighted by Gasteiger charge is 2.38. The predicted octanol–water partition coefficient (Wildman–Crippen LogP) is 10.8. The number of nitrogens with zero attached hydrogens (tertiary/aromatic N) is 1. The lowest BCUT2D eigenvalue weighted by atomic mass is 9.78. The summed E-state index contributed by atoms with van der Waals surface area (Å²) in [5, 5.41) is 5.06. The van der Waals surface area contributed by atoms with Crippen LogP contribution in [0.25, 0.3) is 44.9 Å². The van der Waals surface area contributed by atoms with Crippen molar-refractivity contribution in [3.63, 3.8) is 0 Å². The van der Waals surface area contributed by atoms with Gasteiger partial charge in [-0.1, -0.05) is 130 Å². The molecule has 4 aliphatic rings. The first-order valence-electron chi connectivity index (χ1n) is 16.0. The number of hydrogen-bond donors (Lipinski definition) is 1. The predicted molar refractivity (Wildman–Crippen MR) is 185 cm³/mol. The Balaban J connectivity index is 1.09. The minimum Gasteiger partial charge on any atom is -0.372 e. The van der Waals surface area contributed by atoms with E-state index in [0.717, 1.165) is 35.1 Å². The zero-order chi connectivity index (χ0) is 29.8. The zero-order valence-electron chi connectivity index (χ0n) is 25.8. The Hall–Kier alpha value is -4.69. The molecule has 5 aromatic rings. The topological polar surface area (TPSA) is 24.9 Å². The first kappa shape index (κ1) is 25.8. The van der Waals surface area contributed by atoms with E-state index in [0.29, 0.717) is 0 Å². The third-order valence-electron chi connectivity index (χ3n) is 10.8. The molecule has 2 nitrogen and oxygen atoms in total. The molecule has 0 saturated carbocycles. The fourth-order valence-corrected chi connectivity index (χ4v) is 8.35. The molecule has 9 rings (SSSR count). The van der Waals surface area contributed by atoms with E-state index in [9.17, 15) is 0 Å². The van der Waals surface area contributed by atoms with E-state index < -0.39 is 0 Å². The molecule has 1 N–H and O–H groups in total. The van der Waals surface area contributed by atoms with Crippen LogP contribution in [0.3, 0.4) is 0 Å². The summed E-state index contributed by atoms with van der Waals surface area (Å²) in [4.78, 5) is 5.33. The Bertz CT molecular complexity index is 2150. The van der Waals surface area contributed by atoms with E-state index in [2.05, 4.69) is 142 Å². The number of allylic oxidation sites excluding steroid dienone is 4. The lowest BCUT2D eigenvalue weighted by molar-refractivity contribution is 0.606. The van der Waals surface area contributed by atoms with E-state index in [4.69, 9.17) is 4.98 Å². The Morgan fingerprint density at radius 3 is 2.43 bits per heavy atom. The van der Waals surface area contributed by atoms with Crippen molar-refractivity contribution in [2.75, 3.05) is 5.32 Å². The monoisotopic (exact) mass is 568 g/mol. The number of anilines is 1. The van der Waals surface area contributed by atoms with Gasteiger partial charge in [0.05, 0.1) is 22.9 Å². The molecule has 1 aromatic heterocycles. The molecule has 1 aliphatic heterocycles. The molecule has 3 aliphatic carbocycles. The molecule has 214 valence electrons. The van der Waals surface area contributed by atoms with Gasteiger partial charge in [0.25, 0.3) is 0 Å². The van der Waals surface area contributed by atoms with Crippen LogP contribution in [0.4, 0.5) is 5.69 Å². The maximum atomic E-state index is 5.33. The summed E-state index contributed by atoms with van der Waals surface area (Å²) in [6.45, 7) is 9.47. The van der Waals surface area contributed by atoms with Crippen LogP contribution < -0.4 is 5.32 Å². The Morgan fingerprint density at radius 1 is 0.727 bits per heavy atom. The molecule has 0 radical (unpaired) electrons. The van der Waals surface area contributed by atoms with Crippen molar-refractivity contribution in [2.24, 2.45) is 0 Å². The van der Waals surface area contributed by atoms with E-state index in [-0.39, 0.29) is 16.9 Å². The fraction of sp³-hybridized carbons (Fsp3) is 0.214. The first-order chi connectivity index (χ1) is 21.3. The second-order valence-corrected chi connectivity index (χ2v) is 14.0. The van der Waals surface area contributed by atoms with Gasteiger partial charge in [0.1, 0.15) is 0 Å². The maximum absolute atomic E-state index is 5.33. The molecule has 2 heteroatoms. The third-order valence-corrected chi connectivity index (χ3v) is 10.8. The van der Waals surface area contributed by atoms with Gasteiger partial charge in [-0.2, -0.15) is 0 Å². The lowest BCUT2D eigenvalue weighted by Gasteiger charge is -2.28. The van der Waals surface area contributed by atoms with Crippen molar-refractivity contribution >= 4 is 28.2 Å². The molecular formula is C42H36N2. The minimum absolute atomic E-state index is 0.0347. The standard InChI is InChI=1S/C42H36N2/c1-41(2)33-11-7-5-9-29(33)31-19-15-27(23-35(31)41)37-21-17-25-13-14-26-18-22-38(44-40(26)39(25)43-37)28-16-20-32-30-10-6-8-12-34(30)42(3,4)36(32)24-28/h5-7,9-11,13-24,38,44H,8,12H2,1-4H3. The number of benzene rings is 4. The number of nitrogens with one attached hydrogen (secondary N) is 1. The molecule has 4 aromatic carbocycles. The average molecular weight is 569 g/mol. The van der Waals surface area contributed by atoms with Gasteiger partial charge < -0.3 is 5.32 Å². The van der Waals surface area contributed by atoms with Gasteiger partial charge in [0.15, 0.2) is 0 Å². The average Bonchev–Trinajstić information content (AvgIpc) is 3.43. The molecule has 1 unspecified atom stereocenters. The molecule has 1 atom stereocenters. The highest BCUT2D eigenvalue weighted by molar-refractivity contribution is 5.98. The summed E-state index contributed by atoms with van der Waals surface area (Å²) in [6, 6.07) is 31.7. The minimum atomic E-state index is -0.0347. The van der Waals surface area contributed by atoms with E-state index in [1.807, 2.05) is 0 Å². The highest BCUT2D eigenvalue weighted by Crippen LogP contribution is 2.51. The molecule has 0 spiro atoms. The van der Waals surface area contributed by atoms with Crippen molar-refractivity contribution in [1.82, 2.24) is 4.98 Å². The van der Waals surface area contributed by atoms with E-state index in [1.165, 1.54) is 55.6 Å². The largest absolute Gasteiger partial charge is 0.372 e. The quantitative estimate of drug-likeness (QED) is 0.229. The summed E-state index contributed by atoms with van der Waals surface area (Å²) in [6.07, 6.45) is 11.5.